The van der Waals surface area contributed by atoms with Crippen LogP contribution in [0.5, 0.6) is 0 Å². The first-order chi connectivity index (χ1) is 11.4. The Morgan fingerprint density at radius 1 is 1.04 bits per heavy atom. The molecule has 128 valence electrons. The maximum absolute atomic E-state index is 12.9. The predicted octanol–water partition coefficient (Wildman–Crippen LogP) is 5.22. The molecule has 1 fully saturated rings. The molecule has 0 spiro atoms. The van der Waals surface area contributed by atoms with E-state index in [4.69, 9.17) is 0 Å². The zero-order valence-corrected chi connectivity index (χ0v) is 13.5. The Morgan fingerprint density at radius 2 is 1.79 bits per heavy atom. The molecule has 3 rings (SSSR count). The molecule has 0 saturated heterocycles. The van der Waals surface area contributed by atoms with Gasteiger partial charge in [-0.2, -0.15) is 13.2 Å². The Balaban J connectivity index is 1.88. The van der Waals surface area contributed by atoms with Crippen molar-refractivity contribution in [3.05, 3.63) is 41.7 Å². The molecular weight excluding hydrogens is 315 g/mol. The number of benzene rings is 1. The second kappa shape index (κ2) is 6.79. The summed E-state index contributed by atoms with van der Waals surface area (Å²) in [4.78, 5) is 8.68. The van der Waals surface area contributed by atoms with E-state index in [0.29, 0.717) is 28.9 Å². The lowest BCUT2D eigenvalue weighted by Gasteiger charge is -2.23. The van der Waals surface area contributed by atoms with Crippen LogP contribution in [0.1, 0.15) is 43.5 Å². The van der Waals surface area contributed by atoms with Crippen LogP contribution in [-0.4, -0.2) is 16.0 Å². The van der Waals surface area contributed by atoms with Gasteiger partial charge in [0.05, 0.1) is 11.3 Å². The molecular formula is C18H20F3N3. The lowest BCUT2D eigenvalue weighted by atomic mass is 9.95. The Hall–Kier alpha value is -2.11. The van der Waals surface area contributed by atoms with Gasteiger partial charge in [-0.25, -0.2) is 9.97 Å². The summed E-state index contributed by atoms with van der Waals surface area (Å²) in [7, 11) is 0. The molecule has 0 atom stereocenters. The highest BCUT2D eigenvalue weighted by atomic mass is 19.4. The average Bonchev–Trinajstić information content (AvgIpc) is 2.54. The van der Waals surface area contributed by atoms with Gasteiger partial charge >= 0.3 is 6.18 Å². The minimum atomic E-state index is -4.36. The summed E-state index contributed by atoms with van der Waals surface area (Å²) in [6.07, 6.45) is 1.49. The number of hydrogen-bond acceptors (Lipinski definition) is 3. The number of nitrogens with zero attached hydrogens (tertiary/aromatic N) is 2. The molecule has 2 aromatic rings. The molecule has 24 heavy (non-hydrogen) atoms. The Bertz CT molecular complexity index is 707. The van der Waals surface area contributed by atoms with E-state index >= 15 is 0 Å². The Kier molecular flexibility index (Phi) is 4.73. The van der Waals surface area contributed by atoms with Crippen LogP contribution in [0.3, 0.4) is 0 Å². The predicted molar refractivity (Wildman–Crippen MR) is 87.7 cm³/mol. The van der Waals surface area contributed by atoms with Gasteiger partial charge in [0.1, 0.15) is 11.6 Å². The van der Waals surface area contributed by atoms with E-state index in [-0.39, 0.29) is 0 Å². The van der Waals surface area contributed by atoms with E-state index in [0.717, 1.165) is 25.0 Å². The van der Waals surface area contributed by atoms with Gasteiger partial charge in [0, 0.05) is 17.7 Å². The third-order valence-electron chi connectivity index (χ3n) is 4.28. The van der Waals surface area contributed by atoms with Gasteiger partial charge in [-0.1, -0.05) is 31.4 Å². The largest absolute Gasteiger partial charge is 0.416 e. The fourth-order valence-electron chi connectivity index (χ4n) is 3.10. The number of alkyl halides is 3. The molecule has 1 saturated carbocycles. The highest BCUT2D eigenvalue weighted by Gasteiger charge is 2.30. The molecule has 6 heteroatoms. The first-order valence-corrected chi connectivity index (χ1v) is 8.22. The van der Waals surface area contributed by atoms with Gasteiger partial charge in [0.2, 0.25) is 0 Å². The quantitative estimate of drug-likeness (QED) is 0.836. The highest BCUT2D eigenvalue weighted by Crippen LogP contribution is 2.32. The highest BCUT2D eigenvalue weighted by molar-refractivity contribution is 5.63. The van der Waals surface area contributed by atoms with Crippen LogP contribution in [0.4, 0.5) is 19.0 Å². The van der Waals surface area contributed by atoms with Crippen LogP contribution in [0.2, 0.25) is 0 Å². The third-order valence-corrected chi connectivity index (χ3v) is 4.28. The minimum absolute atomic E-state index is 0.377. The summed E-state index contributed by atoms with van der Waals surface area (Å²) in [5.74, 6) is 1.23. The van der Waals surface area contributed by atoms with E-state index in [9.17, 15) is 13.2 Å². The summed E-state index contributed by atoms with van der Waals surface area (Å²) in [5, 5.41) is 3.40. The number of nitrogens with one attached hydrogen (secondary N) is 1. The summed E-state index contributed by atoms with van der Waals surface area (Å²) < 4.78 is 38.7. The van der Waals surface area contributed by atoms with Gasteiger partial charge in [0.25, 0.3) is 0 Å². The number of aromatic nitrogens is 2. The molecule has 1 N–H and O–H groups in total. The Morgan fingerprint density at radius 3 is 2.50 bits per heavy atom. The van der Waals surface area contributed by atoms with Crippen molar-refractivity contribution < 1.29 is 13.2 Å². The van der Waals surface area contributed by atoms with Crippen molar-refractivity contribution in [3.8, 4) is 11.3 Å². The molecule has 1 aliphatic rings. The van der Waals surface area contributed by atoms with Crippen molar-refractivity contribution in [3.63, 3.8) is 0 Å². The van der Waals surface area contributed by atoms with Gasteiger partial charge in [0.15, 0.2) is 0 Å². The number of rotatable bonds is 3. The maximum Gasteiger partial charge on any atom is 0.416 e. The summed E-state index contributed by atoms with van der Waals surface area (Å²) in [6, 6.07) is 7.36. The van der Waals surface area contributed by atoms with E-state index < -0.39 is 11.7 Å². The van der Waals surface area contributed by atoms with E-state index in [2.05, 4.69) is 15.3 Å². The van der Waals surface area contributed by atoms with Gasteiger partial charge < -0.3 is 5.32 Å². The molecule has 1 aromatic carbocycles. The van der Waals surface area contributed by atoms with Crippen LogP contribution in [0.25, 0.3) is 11.3 Å². The standard InChI is InChI=1S/C18H20F3N3/c1-12-22-16(13-6-5-7-14(10-13)18(19,20)21)11-17(23-12)24-15-8-3-2-4-9-15/h5-7,10-11,15H,2-4,8-9H2,1H3,(H,22,23,24). The maximum atomic E-state index is 12.9. The molecule has 1 aliphatic carbocycles. The van der Waals surface area contributed by atoms with Crippen LogP contribution < -0.4 is 5.32 Å². The van der Waals surface area contributed by atoms with Crippen LogP contribution >= 0.6 is 0 Å². The summed E-state index contributed by atoms with van der Waals surface area (Å²) in [5.41, 5.74) is 0.284. The fraction of sp³-hybridized carbons (Fsp3) is 0.444. The number of hydrogen-bond donors (Lipinski definition) is 1. The van der Waals surface area contributed by atoms with Crippen molar-refractivity contribution in [2.45, 2.75) is 51.2 Å². The lowest BCUT2D eigenvalue weighted by Crippen LogP contribution is -2.23. The molecule has 1 heterocycles. The smallest absolute Gasteiger partial charge is 0.367 e. The van der Waals surface area contributed by atoms with Crippen molar-refractivity contribution in [1.82, 2.24) is 9.97 Å². The van der Waals surface area contributed by atoms with Crippen molar-refractivity contribution in [1.29, 1.82) is 0 Å². The molecule has 0 amide bonds. The number of halogens is 3. The first-order valence-electron chi connectivity index (χ1n) is 8.22. The first kappa shape index (κ1) is 16.7. The molecule has 0 aliphatic heterocycles. The number of aryl methyl sites for hydroxylation is 1. The third kappa shape index (κ3) is 4.04. The van der Waals surface area contributed by atoms with E-state index in [1.54, 1.807) is 19.1 Å². The van der Waals surface area contributed by atoms with Crippen LogP contribution in [0.15, 0.2) is 30.3 Å². The van der Waals surface area contributed by atoms with E-state index in [1.807, 2.05) is 0 Å². The van der Waals surface area contributed by atoms with E-state index in [1.165, 1.54) is 25.3 Å². The van der Waals surface area contributed by atoms with Crippen LogP contribution in [-0.2, 0) is 6.18 Å². The minimum Gasteiger partial charge on any atom is -0.367 e. The molecule has 0 radical (unpaired) electrons. The van der Waals surface area contributed by atoms with Crippen molar-refractivity contribution >= 4 is 5.82 Å². The molecule has 0 unspecified atom stereocenters. The monoisotopic (exact) mass is 335 g/mol. The van der Waals surface area contributed by atoms with Crippen LogP contribution in [0, 0.1) is 6.92 Å². The summed E-state index contributed by atoms with van der Waals surface area (Å²) >= 11 is 0. The zero-order chi connectivity index (χ0) is 17.2. The zero-order valence-electron chi connectivity index (χ0n) is 13.5. The number of anilines is 1. The SMILES string of the molecule is Cc1nc(NC2CCCCC2)cc(-c2cccc(C(F)(F)F)c2)n1. The van der Waals surface area contributed by atoms with Crippen molar-refractivity contribution in [2.75, 3.05) is 5.32 Å². The van der Waals surface area contributed by atoms with Gasteiger partial charge in [-0.05, 0) is 31.9 Å². The lowest BCUT2D eigenvalue weighted by molar-refractivity contribution is -0.137. The average molecular weight is 335 g/mol. The molecule has 1 aromatic heterocycles. The normalized spacial score (nSPS) is 16.2. The second-order valence-electron chi connectivity index (χ2n) is 6.24. The van der Waals surface area contributed by atoms with Crippen molar-refractivity contribution in [2.24, 2.45) is 0 Å². The van der Waals surface area contributed by atoms with Gasteiger partial charge in [-0.15, -0.1) is 0 Å². The molecule has 3 nitrogen and oxygen atoms in total. The summed E-state index contributed by atoms with van der Waals surface area (Å²) in [6.45, 7) is 1.75. The topological polar surface area (TPSA) is 37.8 Å². The Labute approximate surface area is 139 Å². The fourth-order valence-corrected chi connectivity index (χ4v) is 3.10. The van der Waals surface area contributed by atoms with Gasteiger partial charge in [-0.3, -0.25) is 0 Å². The molecule has 0 bridgehead atoms. The second-order valence-corrected chi connectivity index (χ2v) is 6.24.